The van der Waals surface area contributed by atoms with E-state index >= 15 is 0 Å². The normalized spacial score (nSPS) is 32.7. The third kappa shape index (κ3) is 5.94. The Morgan fingerprint density at radius 3 is 1.42 bits per heavy atom. The minimum Gasteiger partial charge on any atom is -0.388 e. The van der Waals surface area contributed by atoms with Crippen molar-refractivity contribution in [2.75, 3.05) is 13.2 Å². The molecule has 0 amide bonds. The van der Waals surface area contributed by atoms with Crippen molar-refractivity contribution in [3.05, 3.63) is 0 Å². The molecule has 4 atom stereocenters. The molecule has 1 heterocycles. The fraction of sp³-hybridized carbons (Fsp3) is 1.00. The van der Waals surface area contributed by atoms with Gasteiger partial charge >= 0.3 is 15.6 Å². The first kappa shape index (κ1) is 17.2. The summed E-state index contributed by atoms with van der Waals surface area (Å²) >= 11 is 0. The highest BCUT2D eigenvalue weighted by atomic mass is 31.2. The third-order valence-corrected chi connectivity index (χ3v) is 3.25. The molecule has 1 saturated heterocycles. The summed E-state index contributed by atoms with van der Waals surface area (Å²) in [5, 5.41) is 19.0. The van der Waals surface area contributed by atoms with Gasteiger partial charge in [0.2, 0.25) is 0 Å². The lowest BCUT2D eigenvalue weighted by molar-refractivity contribution is -0.0382. The van der Waals surface area contributed by atoms with E-state index in [4.69, 9.17) is 24.3 Å². The van der Waals surface area contributed by atoms with Crippen molar-refractivity contribution in [1.82, 2.24) is 0 Å². The summed E-state index contributed by atoms with van der Waals surface area (Å²) in [6.45, 7) is -1.40. The quantitative estimate of drug-likeness (QED) is 0.289. The molecule has 1 aliphatic rings. The Balaban J connectivity index is 2.51. The van der Waals surface area contributed by atoms with Gasteiger partial charge in [-0.15, -0.1) is 0 Å². The summed E-state index contributed by atoms with van der Waals surface area (Å²) in [5.41, 5.74) is 0. The molecule has 0 radical (unpaired) electrons. The van der Waals surface area contributed by atoms with Crippen LogP contribution in [0.25, 0.3) is 0 Å². The van der Waals surface area contributed by atoms with Crippen LogP contribution in [0.15, 0.2) is 0 Å². The molecule has 114 valence electrons. The lowest BCUT2D eigenvalue weighted by Gasteiger charge is -2.15. The van der Waals surface area contributed by atoms with E-state index in [2.05, 4.69) is 9.05 Å². The molecule has 0 unspecified atom stereocenters. The van der Waals surface area contributed by atoms with Gasteiger partial charge in [0.05, 0.1) is 13.2 Å². The van der Waals surface area contributed by atoms with Crippen molar-refractivity contribution >= 4 is 15.6 Å². The summed E-state index contributed by atoms with van der Waals surface area (Å²) < 4.78 is 34.1. The molecule has 0 bridgehead atoms. The second-order valence-corrected chi connectivity index (χ2v) is 6.25. The standard InChI is InChI=1S/C6H14O11P2/c7-5-3(1-15-18(9,10)11)17-4(6(5)8)2-16-19(12,13)14/h3-8H,1-2H2,(H2,9,10,11)(H2,12,13,14)/t3-,4+,5-,6-/m0/s1. The highest BCUT2D eigenvalue weighted by molar-refractivity contribution is 7.46. The van der Waals surface area contributed by atoms with Crippen LogP contribution in [0.1, 0.15) is 0 Å². The van der Waals surface area contributed by atoms with Crippen LogP contribution < -0.4 is 0 Å². The smallest absolute Gasteiger partial charge is 0.388 e. The lowest BCUT2D eigenvalue weighted by atomic mass is 10.1. The van der Waals surface area contributed by atoms with Crippen molar-refractivity contribution in [2.45, 2.75) is 24.4 Å². The molecule has 6 N–H and O–H groups in total. The van der Waals surface area contributed by atoms with E-state index in [1.54, 1.807) is 0 Å². The highest BCUT2D eigenvalue weighted by Gasteiger charge is 2.44. The molecule has 1 aliphatic heterocycles. The molecular weight excluding hydrogens is 310 g/mol. The van der Waals surface area contributed by atoms with Crippen molar-refractivity contribution in [2.24, 2.45) is 0 Å². The molecular formula is C6H14O11P2. The molecule has 13 heteroatoms. The second kappa shape index (κ2) is 6.25. The third-order valence-electron chi connectivity index (χ3n) is 2.28. The maximum absolute atomic E-state index is 10.5. The van der Waals surface area contributed by atoms with Gasteiger partial charge in [-0.2, -0.15) is 0 Å². The van der Waals surface area contributed by atoms with E-state index in [1.165, 1.54) is 0 Å². The van der Waals surface area contributed by atoms with Crippen LogP contribution in [0.5, 0.6) is 0 Å². The molecule has 1 fully saturated rings. The molecule has 0 aromatic carbocycles. The van der Waals surface area contributed by atoms with Crippen molar-refractivity contribution in [3.8, 4) is 0 Å². The Morgan fingerprint density at radius 1 is 0.842 bits per heavy atom. The Bertz CT molecular complexity index is 351. The van der Waals surface area contributed by atoms with Gasteiger partial charge < -0.3 is 34.5 Å². The minimum absolute atomic E-state index is 0.699. The van der Waals surface area contributed by atoms with Crippen LogP contribution in [0, 0.1) is 0 Å². The molecule has 0 aromatic rings. The zero-order valence-corrected chi connectivity index (χ0v) is 11.1. The summed E-state index contributed by atoms with van der Waals surface area (Å²) in [7, 11) is -9.51. The maximum Gasteiger partial charge on any atom is 0.469 e. The fourth-order valence-electron chi connectivity index (χ4n) is 1.44. The van der Waals surface area contributed by atoms with Gasteiger partial charge in [0, 0.05) is 0 Å². The van der Waals surface area contributed by atoms with Gasteiger partial charge in [-0.25, -0.2) is 9.13 Å². The average molecular weight is 324 g/mol. The topological polar surface area (TPSA) is 183 Å². The number of hydrogen-bond donors (Lipinski definition) is 6. The van der Waals surface area contributed by atoms with E-state index in [1.807, 2.05) is 0 Å². The lowest BCUT2D eigenvalue weighted by Crippen LogP contribution is -2.35. The Labute approximate surface area is 107 Å². The molecule has 0 aromatic heterocycles. The van der Waals surface area contributed by atoms with Crippen LogP contribution in [0.4, 0.5) is 0 Å². The summed E-state index contributed by atoms with van der Waals surface area (Å²) in [6.07, 6.45) is -5.57. The molecule has 11 nitrogen and oxygen atoms in total. The van der Waals surface area contributed by atoms with E-state index in [0.29, 0.717) is 0 Å². The summed E-state index contributed by atoms with van der Waals surface area (Å²) in [4.78, 5) is 33.9. The highest BCUT2D eigenvalue weighted by Crippen LogP contribution is 2.39. The number of ether oxygens (including phenoxy) is 1. The van der Waals surface area contributed by atoms with Gasteiger partial charge in [0.1, 0.15) is 24.4 Å². The second-order valence-electron chi connectivity index (χ2n) is 3.77. The van der Waals surface area contributed by atoms with Gasteiger partial charge in [-0.3, -0.25) is 9.05 Å². The SMILES string of the molecule is O=P(O)(O)OC[C@@H]1O[C@H](COP(=O)(O)O)[C@H](O)[C@H]1O. The molecule has 0 spiro atoms. The van der Waals surface area contributed by atoms with E-state index in [9.17, 15) is 19.3 Å². The number of phosphoric ester groups is 2. The van der Waals surface area contributed by atoms with Crippen molar-refractivity contribution in [1.29, 1.82) is 0 Å². The predicted octanol–water partition coefficient (Wildman–Crippen LogP) is -2.31. The first-order valence-electron chi connectivity index (χ1n) is 4.91. The first-order chi connectivity index (χ1) is 8.49. The molecule has 19 heavy (non-hydrogen) atoms. The van der Waals surface area contributed by atoms with Crippen molar-refractivity contribution in [3.63, 3.8) is 0 Å². The minimum atomic E-state index is -4.75. The number of rotatable bonds is 6. The van der Waals surface area contributed by atoms with E-state index < -0.39 is 53.3 Å². The largest absolute Gasteiger partial charge is 0.469 e. The monoisotopic (exact) mass is 324 g/mol. The number of hydrogen-bond acceptors (Lipinski definition) is 7. The van der Waals surface area contributed by atoms with E-state index in [0.717, 1.165) is 0 Å². The zero-order valence-electron chi connectivity index (χ0n) is 9.34. The predicted molar refractivity (Wildman–Crippen MR) is 56.7 cm³/mol. The van der Waals surface area contributed by atoms with Gasteiger partial charge in [-0.1, -0.05) is 0 Å². The number of phosphoric acid groups is 2. The number of aliphatic hydroxyl groups is 2. The van der Waals surface area contributed by atoms with Gasteiger partial charge in [0.15, 0.2) is 0 Å². The van der Waals surface area contributed by atoms with Crippen LogP contribution in [0.2, 0.25) is 0 Å². The Morgan fingerprint density at radius 2 is 1.16 bits per heavy atom. The zero-order chi connectivity index (χ0) is 14.8. The fourth-order valence-corrected chi connectivity index (χ4v) is 2.12. The van der Waals surface area contributed by atoms with Gasteiger partial charge in [-0.05, 0) is 0 Å². The van der Waals surface area contributed by atoms with Gasteiger partial charge in [0.25, 0.3) is 0 Å². The van der Waals surface area contributed by atoms with Crippen molar-refractivity contribution < 1.29 is 52.7 Å². The average Bonchev–Trinajstić information content (AvgIpc) is 2.49. The first-order valence-corrected chi connectivity index (χ1v) is 7.97. The Kier molecular flexibility index (Phi) is 5.64. The van der Waals surface area contributed by atoms with Crippen LogP contribution in [-0.2, 0) is 22.9 Å². The summed E-state index contributed by atoms with van der Waals surface area (Å²) in [5.74, 6) is 0. The van der Waals surface area contributed by atoms with Crippen LogP contribution in [-0.4, -0.2) is 67.4 Å². The molecule has 0 saturated carbocycles. The maximum atomic E-state index is 10.5. The number of aliphatic hydroxyl groups excluding tert-OH is 2. The molecule has 1 rings (SSSR count). The molecule has 0 aliphatic carbocycles. The summed E-state index contributed by atoms with van der Waals surface area (Å²) in [6, 6.07) is 0. The van der Waals surface area contributed by atoms with Crippen LogP contribution >= 0.6 is 15.6 Å². The van der Waals surface area contributed by atoms with Crippen LogP contribution in [0.3, 0.4) is 0 Å². The Hall–Kier alpha value is 0.1000. The van der Waals surface area contributed by atoms with E-state index in [-0.39, 0.29) is 0 Å².